The molecule has 1 amide bonds. The lowest BCUT2D eigenvalue weighted by Gasteiger charge is -2.34. The third kappa shape index (κ3) is 5.25. The summed E-state index contributed by atoms with van der Waals surface area (Å²) in [6.07, 6.45) is 3.16. The van der Waals surface area contributed by atoms with Gasteiger partial charge in [0.2, 0.25) is 5.91 Å². The molecule has 1 atom stereocenters. The highest BCUT2D eigenvalue weighted by atomic mass is 19.1. The summed E-state index contributed by atoms with van der Waals surface area (Å²) in [6, 6.07) is 16.3. The molecule has 3 rings (SSSR count). The molecule has 0 bridgehead atoms. The van der Waals surface area contributed by atoms with Crippen LogP contribution in [0.4, 0.5) is 4.39 Å². The molecule has 2 aromatic carbocycles. The summed E-state index contributed by atoms with van der Waals surface area (Å²) < 4.78 is 18.4. The molecule has 1 aliphatic heterocycles. The van der Waals surface area contributed by atoms with Gasteiger partial charge in [-0.2, -0.15) is 0 Å². The van der Waals surface area contributed by atoms with E-state index in [2.05, 4.69) is 22.3 Å². The molecular weight excluding hydrogens is 331 g/mol. The number of amides is 1. The zero-order valence-electron chi connectivity index (χ0n) is 14.6. The van der Waals surface area contributed by atoms with Crippen molar-refractivity contribution in [2.45, 2.75) is 6.04 Å². The van der Waals surface area contributed by atoms with Crippen LogP contribution in [0.15, 0.2) is 60.7 Å². The molecule has 136 valence electrons. The minimum absolute atomic E-state index is 0.114. The largest absolute Gasteiger partial charge is 0.379 e. The summed E-state index contributed by atoms with van der Waals surface area (Å²) in [5, 5.41) is 2.98. The molecule has 1 unspecified atom stereocenters. The van der Waals surface area contributed by atoms with Crippen LogP contribution < -0.4 is 5.32 Å². The number of nitrogens with one attached hydrogen (secondary N) is 1. The first-order chi connectivity index (χ1) is 12.7. The lowest BCUT2D eigenvalue weighted by atomic mass is 10.0. The molecular formula is C21H23FN2O2. The number of carbonyl (C=O) groups is 1. The number of rotatable bonds is 6. The van der Waals surface area contributed by atoms with Gasteiger partial charge in [0.25, 0.3) is 0 Å². The maximum absolute atomic E-state index is 12.9. The first kappa shape index (κ1) is 18.3. The number of benzene rings is 2. The van der Waals surface area contributed by atoms with Crippen molar-refractivity contribution in [3.05, 3.63) is 77.6 Å². The van der Waals surface area contributed by atoms with Crippen LogP contribution in [-0.4, -0.2) is 43.7 Å². The van der Waals surface area contributed by atoms with Crippen molar-refractivity contribution in [2.75, 3.05) is 32.8 Å². The number of halogens is 1. The Hall–Kier alpha value is -2.50. The summed E-state index contributed by atoms with van der Waals surface area (Å²) in [7, 11) is 0. The summed E-state index contributed by atoms with van der Waals surface area (Å²) in [5.74, 6) is -0.452. The van der Waals surface area contributed by atoms with E-state index in [9.17, 15) is 9.18 Å². The number of morpholine rings is 1. The molecule has 0 radical (unpaired) electrons. The first-order valence-corrected chi connectivity index (χ1v) is 8.80. The van der Waals surface area contributed by atoms with Crippen molar-refractivity contribution in [1.29, 1.82) is 0 Å². The second kappa shape index (κ2) is 9.27. The zero-order valence-corrected chi connectivity index (χ0v) is 14.6. The molecule has 0 aromatic heterocycles. The Morgan fingerprint density at radius 3 is 2.50 bits per heavy atom. The fourth-order valence-electron chi connectivity index (χ4n) is 3.02. The predicted octanol–water partition coefficient (Wildman–Crippen LogP) is 3.03. The van der Waals surface area contributed by atoms with E-state index in [1.54, 1.807) is 18.2 Å². The van der Waals surface area contributed by atoms with E-state index < -0.39 is 0 Å². The summed E-state index contributed by atoms with van der Waals surface area (Å²) in [4.78, 5) is 14.5. The van der Waals surface area contributed by atoms with Gasteiger partial charge in [-0.1, -0.05) is 42.5 Å². The summed E-state index contributed by atoms with van der Waals surface area (Å²) >= 11 is 0. The second-order valence-electron chi connectivity index (χ2n) is 6.20. The average Bonchev–Trinajstić information content (AvgIpc) is 2.69. The van der Waals surface area contributed by atoms with Gasteiger partial charge >= 0.3 is 0 Å². The molecule has 1 saturated heterocycles. The fourth-order valence-corrected chi connectivity index (χ4v) is 3.02. The number of hydrogen-bond donors (Lipinski definition) is 1. The fraction of sp³-hybridized carbons (Fsp3) is 0.286. The van der Waals surface area contributed by atoms with E-state index in [4.69, 9.17) is 4.74 Å². The van der Waals surface area contributed by atoms with Gasteiger partial charge in [-0.15, -0.1) is 0 Å². The monoisotopic (exact) mass is 354 g/mol. The van der Waals surface area contributed by atoms with Gasteiger partial charge in [-0.3, -0.25) is 9.69 Å². The quantitative estimate of drug-likeness (QED) is 0.811. The predicted molar refractivity (Wildman–Crippen MR) is 100 cm³/mol. The number of nitrogens with zero attached hydrogens (tertiary/aromatic N) is 1. The Bertz CT molecular complexity index is 725. The topological polar surface area (TPSA) is 41.6 Å². The molecule has 26 heavy (non-hydrogen) atoms. The molecule has 4 nitrogen and oxygen atoms in total. The molecule has 1 fully saturated rings. The van der Waals surface area contributed by atoms with E-state index in [-0.39, 0.29) is 17.8 Å². The Morgan fingerprint density at radius 2 is 1.81 bits per heavy atom. The maximum Gasteiger partial charge on any atom is 0.244 e. The van der Waals surface area contributed by atoms with E-state index >= 15 is 0 Å². The third-order valence-electron chi connectivity index (χ3n) is 4.44. The van der Waals surface area contributed by atoms with Gasteiger partial charge in [0.05, 0.1) is 19.3 Å². The Kier molecular flexibility index (Phi) is 6.52. The van der Waals surface area contributed by atoms with Crippen molar-refractivity contribution in [1.82, 2.24) is 10.2 Å². The number of hydrogen-bond acceptors (Lipinski definition) is 3. The standard InChI is InChI=1S/C21H23FN2O2/c22-19-9-6-17(7-10-19)8-11-21(25)23-16-20(18-4-2-1-3-5-18)24-12-14-26-15-13-24/h1-11,20H,12-16H2,(H,23,25)/b11-8+. The zero-order chi connectivity index (χ0) is 18.2. The molecule has 0 saturated carbocycles. The third-order valence-corrected chi connectivity index (χ3v) is 4.44. The van der Waals surface area contributed by atoms with E-state index in [1.807, 2.05) is 18.2 Å². The smallest absolute Gasteiger partial charge is 0.244 e. The molecule has 0 spiro atoms. The molecule has 1 aliphatic rings. The lowest BCUT2D eigenvalue weighted by Crippen LogP contribution is -2.43. The Morgan fingerprint density at radius 1 is 1.12 bits per heavy atom. The van der Waals surface area contributed by atoms with Crippen LogP contribution in [0, 0.1) is 5.82 Å². The molecule has 5 heteroatoms. The summed E-state index contributed by atoms with van der Waals surface area (Å²) in [5.41, 5.74) is 1.96. The van der Waals surface area contributed by atoms with Crippen LogP contribution in [0.3, 0.4) is 0 Å². The Labute approximate surface area is 153 Å². The normalized spacial score (nSPS) is 16.5. The van der Waals surface area contributed by atoms with Crippen molar-refractivity contribution in [2.24, 2.45) is 0 Å². The van der Waals surface area contributed by atoms with Crippen LogP contribution in [0.5, 0.6) is 0 Å². The second-order valence-corrected chi connectivity index (χ2v) is 6.20. The van der Waals surface area contributed by atoms with Crippen LogP contribution in [-0.2, 0) is 9.53 Å². The highest BCUT2D eigenvalue weighted by Gasteiger charge is 2.22. The maximum atomic E-state index is 12.9. The molecule has 1 N–H and O–H groups in total. The van der Waals surface area contributed by atoms with Crippen molar-refractivity contribution in [3.8, 4) is 0 Å². The van der Waals surface area contributed by atoms with Crippen molar-refractivity contribution < 1.29 is 13.9 Å². The SMILES string of the molecule is O=C(/C=C/c1ccc(F)cc1)NCC(c1ccccc1)N1CCOCC1. The average molecular weight is 354 g/mol. The molecule has 2 aromatic rings. The van der Waals surface area contributed by atoms with Crippen LogP contribution in [0.2, 0.25) is 0 Å². The van der Waals surface area contributed by atoms with Crippen LogP contribution in [0.25, 0.3) is 6.08 Å². The van der Waals surface area contributed by atoms with Crippen molar-refractivity contribution >= 4 is 12.0 Å². The van der Waals surface area contributed by atoms with Crippen LogP contribution >= 0.6 is 0 Å². The van der Waals surface area contributed by atoms with Gasteiger partial charge < -0.3 is 10.1 Å². The first-order valence-electron chi connectivity index (χ1n) is 8.80. The molecule has 0 aliphatic carbocycles. The van der Waals surface area contributed by atoms with E-state index in [0.717, 1.165) is 18.7 Å². The van der Waals surface area contributed by atoms with Gasteiger partial charge in [-0.05, 0) is 29.3 Å². The summed E-state index contributed by atoms with van der Waals surface area (Å²) in [6.45, 7) is 3.64. The number of ether oxygens (including phenoxy) is 1. The van der Waals surface area contributed by atoms with Gasteiger partial charge in [0.1, 0.15) is 5.82 Å². The van der Waals surface area contributed by atoms with Gasteiger partial charge in [0.15, 0.2) is 0 Å². The van der Waals surface area contributed by atoms with E-state index in [0.29, 0.717) is 19.8 Å². The highest BCUT2D eigenvalue weighted by molar-refractivity contribution is 5.91. The molecule has 1 heterocycles. The minimum Gasteiger partial charge on any atom is -0.379 e. The van der Waals surface area contributed by atoms with Gasteiger partial charge in [-0.25, -0.2) is 4.39 Å². The number of carbonyl (C=O) groups excluding carboxylic acids is 1. The minimum atomic E-state index is -0.289. The lowest BCUT2D eigenvalue weighted by molar-refractivity contribution is -0.116. The van der Waals surface area contributed by atoms with Crippen molar-refractivity contribution in [3.63, 3.8) is 0 Å². The van der Waals surface area contributed by atoms with Crippen LogP contribution in [0.1, 0.15) is 17.2 Å². The highest BCUT2D eigenvalue weighted by Crippen LogP contribution is 2.21. The van der Waals surface area contributed by atoms with E-state index in [1.165, 1.54) is 23.8 Å². The Balaban J connectivity index is 1.61. The van der Waals surface area contributed by atoms with Gasteiger partial charge in [0, 0.05) is 25.7 Å².